The lowest BCUT2D eigenvalue weighted by Crippen LogP contribution is -2.36. The molecule has 1 fully saturated rings. The number of nitrogens with zero attached hydrogens (tertiary/aromatic N) is 2. The Morgan fingerprint density at radius 1 is 1.24 bits per heavy atom. The third-order valence-corrected chi connectivity index (χ3v) is 7.27. The molecule has 0 saturated heterocycles. The Kier molecular flexibility index (Phi) is 5.01. The van der Waals surface area contributed by atoms with Crippen molar-refractivity contribution in [2.75, 3.05) is 12.3 Å². The van der Waals surface area contributed by atoms with E-state index in [9.17, 15) is 9.59 Å². The monoisotopic (exact) mass is 423 g/mol. The molecule has 0 atom stereocenters. The number of fused-ring (bicyclic) bond motifs is 2. The first-order valence-electron chi connectivity index (χ1n) is 9.84. The average Bonchev–Trinajstić information content (AvgIpc) is 3.43. The van der Waals surface area contributed by atoms with Crippen LogP contribution < -0.4 is 5.32 Å². The first kappa shape index (κ1) is 18.6. The number of pyridine rings is 1. The zero-order valence-corrected chi connectivity index (χ0v) is 17.5. The summed E-state index contributed by atoms with van der Waals surface area (Å²) in [5.74, 6) is 0.389. The van der Waals surface area contributed by atoms with Crippen LogP contribution in [0, 0.1) is 0 Å². The van der Waals surface area contributed by atoms with Gasteiger partial charge in [-0.25, -0.2) is 4.98 Å². The highest BCUT2D eigenvalue weighted by molar-refractivity contribution is 7.99. The molecule has 1 aliphatic carbocycles. The average molecular weight is 424 g/mol. The molecule has 0 spiro atoms. The predicted octanol–water partition coefficient (Wildman–Crippen LogP) is 3.87. The number of nitrogens with one attached hydrogen (secondary N) is 1. The number of aromatic nitrogens is 1. The molecular weight excluding hydrogens is 402 g/mol. The maximum absolute atomic E-state index is 12.7. The van der Waals surface area contributed by atoms with Gasteiger partial charge in [-0.3, -0.25) is 9.59 Å². The molecule has 3 heterocycles. The van der Waals surface area contributed by atoms with Crippen LogP contribution in [0.25, 0.3) is 10.9 Å². The van der Waals surface area contributed by atoms with Gasteiger partial charge >= 0.3 is 0 Å². The van der Waals surface area contributed by atoms with Crippen molar-refractivity contribution in [3.63, 3.8) is 0 Å². The van der Waals surface area contributed by atoms with Gasteiger partial charge in [-0.05, 0) is 48.4 Å². The number of thioether (sulfide) groups is 1. The van der Waals surface area contributed by atoms with E-state index < -0.39 is 0 Å². The smallest absolute Gasteiger partial charge is 0.252 e. The molecule has 1 aliphatic heterocycles. The number of thiophene rings is 1. The Morgan fingerprint density at radius 3 is 2.97 bits per heavy atom. The minimum absolute atomic E-state index is 0.0553. The number of carbonyl (C=O) groups excluding carboxylic acids is 2. The summed E-state index contributed by atoms with van der Waals surface area (Å²) in [4.78, 5) is 33.4. The second-order valence-electron chi connectivity index (χ2n) is 7.50. The Bertz CT molecular complexity index is 1090. The topological polar surface area (TPSA) is 62.3 Å². The Labute approximate surface area is 177 Å². The standard InChI is InChI=1S/C22H21N3O2S2/c26-21(25-9-7-19-14(12-25)8-10-28-19)13-29-20-11-17(22(27)23-15-5-6-15)16-3-1-2-4-18(16)24-20/h1-4,8,10-11,15H,5-7,9,12-13H2,(H,23,27). The van der Waals surface area contributed by atoms with E-state index in [4.69, 9.17) is 0 Å². The van der Waals surface area contributed by atoms with Crippen molar-refractivity contribution in [2.45, 2.75) is 36.9 Å². The van der Waals surface area contributed by atoms with Crippen LogP contribution >= 0.6 is 23.1 Å². The Hall–Kier alpha value is -2.38. The van der Waals surface area contributed by atoms with Gasteiger partial charge in [0.2, 0.25) is 5.91 Å². The van der Waals surface area contributed by atoms with Crippen molar-refractivity contribution < 1.29 is 9.59 Å². The second-order valence-corrected chi connectivity index (χ2v) is 9.49. The highest BCUT2D eigenvalue weighted by Gasteiger charge is 2.25. The molecule has 2 aliphatic rings. The maximum Gasteiger partial charge on any atom is 0.252 e. The third-order valence-electron chi connectivity index (χ3n) is 5.35. The van der Waals surface area contributed by atoms with E-state index in [0.717, 1.165) is 36.7 Å². The minimum atomic E-state index is -0.0553. The van der Waals surface area contributed by atoms with Crippen molar-refractivity contribution in [3.8, 4) is 0 Å². The largest absolute Gasteiger partial charge is 0.349 e. The van der Waals surface area contributed by atoms with Crippen molar-refractivity contribution in [1.82, 2.24) is 15.2 Å². The van der Waals surface area contributed by atoms with E-state index in [1.807, 2.05) is 35.2 Å². The zero-order chi connectivity index (χ0) is 19.8. The summed E-state index contributed by atoms with van der Waals surface area (Å²) in [5.41, 5.74) is 2.69. The van der Waals surface area contributed by atoms with E-state index in [0.29, 0.717) is 28.9 Å². The van der Waals surface area contributed by atoms with E-state index in [-0.39, 0.29) is 11.8 Å². The van der Waals surface area contributed by atoms with E-state index >= 15 is 0 Å². The van der Waals surface area contributed by atoms with E-state index in [1.54, 1.807) is 11.3 Å². The number of amides is 2. The highest BCUT2D eigenvalue weighted by Crippen LogP contribution is 2.28. The number of hydrogen-bond acceptors (Lipinski definition) is 5. The lowest BCUT2D eigenvalue weighted by molar-refractivity contribution is -0.129. The molecule has 3 aromatic rings. The van der Waals surface area contributed by atoms with Gasteiger partial charge in [0, 0.05) is 29.4 Å². The van der Waals surface area contributed by atoms with Crippen LogP contribution in [-0.2, 0) is 17.8 Å². The summed E-state index contributed by atoms with van der Waals surface area (Å²) in [5, 5.41) is 6.72. The molecule has 1 aromatic carbocycles. The molecule has 0 radical (unpaired) electrons. The van der Waals surface area contributed by atoms with Gasteiger partial charge < -0.3 is 10.2 Å². The fourth-order valence-corrected chi connectivity index (χ4v) is 5.30. The van der Waals surface area contributed by atoms with Gasteiger partial charge in [0.05, 0.1) is 21.9 Å². The predicted molar refractivity (Wildman–Crippen MR) is 116 cm³/mol. The number of rotatable bonds is 5. The normalized spacial score (nSPS) is 15.9. The molecule has 2 aromatic heterocycles. The first-order valence-corrected chi connectivity index (χ1v) is 11.7. The van der Waals surface area contributed by atoms with E-state index in [2.05, 4.69) is 21.7 Å². The summed E-state index contributed by atoms with van der Waals surface area (Å²) >= 11 is 3.18. The number of para-hydroxylation sites is 1. The molecule has 5 rings (SSSR count). The fourth-order valence-electron chi connectivity index (χ4n) is 3.59. The minimum Gasteiger partial charge on any atom is -0.349 e. The molecule has 1 N–H and O–H groups in total. The molecule has 148 valence electrons. The second kappa shape index (κ2) is 7.80. The number of hydrogen-bond donors (Lipinski definition) is 1. The molecule has 5 nitrogen and oxygen atoms in total. The van der Waals surface area contributed by atoms with Crippen molar-refractivity contribution in [1.29, 1.82) is 0 Å². The summed E-state index contributed by atoms with van der Waals surface area (Å²) < 4.78 is 0. The van der Waals surface area contributed by atoms with Gasteiger partial charge in [0.25, 0.3) is 5.91 Å². The lowest BCUT2D eigenvalue weighted by atomic mass is 10.1. The van der Waals surface area contributed by atoms with Gasteiger partial charge in [-0.1, -0.05) is 30.0 Å². The maximum atomic E-state index is 12.7. The first-order chi connectivity index (χ1) is 14.2. The fraction of sp³-hybridized carbons (Fsp3) is 0.318. The molecule has 29 heavy (non-hydrogen) atoms. The Balaban J connectivity index is 1.32. The summed E-state index contributed by atoms with van der Waals surface area (Å²) in [6.07, 6.45) is 3.03. The number of benzene rings is 1. The molecular formula is C22H21N3O2S2. The van der Waals surface area contributed by atoms with E-state index in [1.165, 1.54) is 22.2 Å². The van der Waals surface area contributed by atoms with Gasteiger partial charge in [-0.15, -0.1) is 11.3 Å². The van der Waals surface area contributed by atoms with Crippen LogP contribution in [0.1, 0.15) is 33.6 Å². The van der Waals surface area contributed by atoms with Crippen LogP contribution in [0.2, 0.25) is 0 Å². The zero-order valence-electron chi connectivity index (χ0n) is 15.9. The van der Waals surface area contributed by atoms with Gasteiger partial charge in [-0.2, -0.15) is 0 Å². The summed E-state index contributed by atoms with van der Waals surface area (Å²) in [6.45, 7) is 1.46. The number of carbonyl (C=O) groups is 2. The van der Waals surface area contributed by atoms with Crippen LogP contribution in [0.3, 0.4) is 0 Å². The van der Waals surface area contributed by atoms with Crippen LogP contribution in [0.5, 0.6) is 0 Å². The van der Waals surface area contributed by atoms with Crippen molar-refractivity contribution in [2.24, 2.45) is 0 Å². The molecule has 0 unspecified atom stereocenters. The molecule has 1 saturated carbocycles. The molecule has 0 bridgehead atoms. The highest BCUT2D eigenvalue weighted by atomic mass is 32.2. The SMILES string of the molecule is O=C(NC1CC1)c1cc(SCC(=O)N2CCc3sccc3C2)nc2ccccc12. The van der Waals surface area contributed by atoms with Crippen molar-refractivity contribution >= 4 is 45.8 Å². The van der Waals surface area contributed by atoms with Crippen LogP contribution in [0.15, 0.2) is 46.8 Å². The van der Waals surface area contributed by atoms with Gasteiger partial charge in [0.1, 0.15) is 0 Å². The van der Waals surface area contributed by atoms with Crippen LogP contribution in [0.4, 0.5) is 0 Å². The van der Waals surface area contributed by atoms with Crippen molar-refractivity contribution in [3.05, 3.63) is 57.8 Å². The lowest BCUT2D eigenvalue weighted by Gasteiger charge is -2.26. The van der Waals surface area contributed by atoms with Crippen LogP contribution in [-0.4, -0.2) is 40.0 Å². The third kappa shape index (κ3) is 4.02. The molecule has 2 amide bonds. The molecule has 7 heteroatoms. The summed E-state index contributed by atoms with van der Waals surface area (Å²) in [6, 6.07) is 11.9. The van der Waals surface area contributed by atoms with Gasteiger partial charge in [0.15, 0.2) is 0 Å². The Morgan fingerprint density at radius 2 is 2.10 bits per heavy atom. The quantitative estimate of drug-likeness (QED) is 0.633. The summed E-state index contributed by atoms with van der Waals surface area (Å²) in [7, 11) is 0.